The Labute approximate surface area is 404 Å². The Morgan fingerprint density at radius 2 is 1.30 bits per heavy atom. The molecule has 4 heterocycles. The van der Waals surface area contributed by atoms with Crippen molar-refractivity contribution in [2.24, 2.45) is 50.2 Å². The van der Waals surface area contributed by atoms with Gasteiger partial charge in [0.1, 0.15) is 67.1 Å². The number of esters is 1. The zero-order valence-electron chi connectivity index (χ0n) is 41.3. The normalized spacial score (nSPS) is 56.6. The van der Waals surface area contributed by atoms with Crippen LogP contribution in [0.25, 0.3) is 0 Å². The summed E-state index contributed by atoms with van der Waals surface area (Å²) in [6.45, 7) is 15.8. The molecule has 8 fully saturated rings. The number of fused-ring (bicyclic) bond motifs is 4. The van der Waals surface area contributed by atoms with Crippen LogP contribution >= 0.6 is 0 Å². The number of hydrogen-bond donors (Lipinski definition) is 10. The van der Waals surface area contributed by atoms with Gasteiger partial charge in [-0.1, -0.05) is 53.7 Å². The van der Waals surface area contributed by atoms with Gasteiger partial charge in [-0.15, -0.1) is 0 Å². The molecule has 4 aliphatic heterocycles. The predicted molar refractivity (Wildman–Crippen MR) is 239 cm³/mol. The van der Waals surface area contributed by atoms with Crippen LogP contribution in [0.3, 0.4) is 0 Å². The fourth-order valence-electron chi connectivity index (χ4n) is 16.0. The second-order valence-electron chi connectivity index (χ2n) is 24.4. The Hall–Kier alpha value is -1.47. The molecule has 19 heteroatoms. The van der Waals surface area contributed by atoms with Gasteiger partial charge in [-0.3, -0.25) is 4.79 Å². The largest absolute Gasteiger partial charge is 0.465 e. The summed E-state index contributed by atoms with van der Waals surface area (Å²) < 4.78 is 49.5. The Kier molecular flexibility index (Phi) is 13.8. The molecular weight excluding hydrogens is 905 g/mol. The summed E-state index contributed by atoms with van der Waals surface area (Å²) in [6, 6.07) is 0. The minimum Gasteiger partial charge on any atom is -0.465 e. The molecule has 4 saturated carbocycles. The highest BCUT2D eigenvalue weighted by Crippen LogP contribution is 2.79. The van der Waals surface area contributed by atoms with E-state index in [1.807, 2.05) is 0 Å². The summed E-state index contributed by atoms with van der Waals surface area (Å²) in [5.41, 5.74) is -2.47. The molecule has 394 valence electrons. The standard InChI is InChI=1S/C50H80O19/c1-23-32(55)39(68-43-40(36(59)34(57)26(20-52)66-43)69-41-37(60)35(58)33(56)25(19-51)65-41)38(61)42(64-23)67-31-11-12-45(5)27(46(31,6)21-62-24(2)53)9-13-47(7)28(45)10-14-50-29-17-44(3,4)15-16-49(29,22-63-50)30(54)18-48(47,50)8/h10,14,23,25-43,51-52,54-61H,9,11-13,15-22H2,1-8H3/t23-,25-,26-,27?,28?,29-,30-,31+,32+,33+,34-,35+,36+,37-,38-,39+,40-,41+,42+,43+,45+,46+,47-,48+,49?,50?/m1/s1. The molecule has 2 bridgehead atoms. The molecule has 1 spiro atoms. The van der Waals surface area contributed by atoms with Crippen LogP contribution in [0.4, 0.5) is 0 Å². The Balaban J connectivity index is 0.982. The van der Waals surface area contributed by atoms with Crippen molar-refractivity contribution >= 4 is 5.97 Å². The highest BCUT2D eigenvalue weighted by Gasteiger charge is 2.79. The van der Waals surface area contributed by atoms with E-state index in [4.69, 9.17) is 37.9 Å². The van der Waals surface area contributed by atoms with E-state index in [0.717, 1.165) is 32.1 Å². The third-order valence-electron chi connectivity index (χ3n) is 20.3. The van der Waals surface area contributed by atoms with E-state index in [9.17, 15) is 55.9 Å². The number of aliphatic hydroxyl groups is 10. The second-order valence-corrected chi connectivity index (χ2v) is 24.4. The first-order chi connectivity index (χ1) is 32.3. The van der Waals surface area contributed by atoms with Gasteiger partial charge in [0.15, 0.2) is 18.9 Å². The number of ether oxygens (including phenoxy) is 8. The van der Waals surface area contributed by atoms with Gasteiger partial charge in [0.25, 0.3) is 0 Å². The molecule has 0 radical (unpaired) electrons. The summed E-state index contributed by atoms with van der Waals surface area (Å²) in [5, 5.41) is 109. The summed E-state index contributed by atoms with van der Waals surface area (Å²) in [5.74, 6) is -0.269. The van der Waals surface area contributed by atoms with Crippen LogP contribution in [-0.2, 0) is 42.7 Å². The zero-order chi connectivity index (χ0) is 50.2. The zero-order valence-corrected chi connectivity index (χ0v) is 41.3. The molecule has 4 saturated heterocycles. The van der Waals surface area contributed by atoms with E-state index in [1.165, 1.54) is 6.92 Å². The Bertz CT molecular complexity index is 1920. The van der Waals surface area contributed by atoms with Crippen LogP contribution in [0.1, 0.15) is 107 Å². The minimum absolute atomic E-state index is 0.0136. The van der Waals surface area contributed by atoms with Crippen LogP contribution in [0.2, 0.25) is 0 Å². The summed E-state index contributed by atoms with van der Waals surface area (Å²) >= 11 is 0. The number of rotatable bonds is 10. The van der Waals surface area contributed by atoms with E-state index >= 15 is 0 Å². The predicted octanol–water partition coefficient (Wildman–Crippen LogP) is 0.172. The summed E-state index contributed by atoms with van der Waals surface area (Å²) in [7, 11) is 0. The summed E-state index contributed by atoms with van der Waals surface area (Å²) in [4.78, 5) is 12.6. The average molecular weight is 985 g/mol. The quantitative estimate of drug-likeness (QED) is 0.0793. The van der Waals surface area contributed by atoms with E-state index < -0.39 is 135 Å². The molecular formula is C50H80O19. The number of carbonyl (C=O) groups is 1. The first kappa shape index (κ1) is 52.4. The van der Waals surface area contributed by atoms with E-state index in [-0.39, 0.29) is 51.4 Å². The van der Waals surface area contributed by atoms with Crippen LogP contribution < -0.4 is 0 Å². The lowest BCUT2D eigenvalue weighted by atomic mass is 9.32. The van der Waals surface area contributed by atoms with Gasteiger partial charge in [0.2, 0.25) is 0 Å². The maximum atomic E-state index is 12.6. The monoisotopic (exact) mass is 985 g/mol. The van der Waals surface area contributed by atoms with Gasteiger partial charge in [0.05, 0.1) is 50.3 Å². The van der Waals surface area contributed by atoms with Crippen LogP contribution in [0.15, 0.2) is 12.2 Å². The fraction of sp³-hybridized carbons (Fsp3) is 0.940. The SMILES string of the molecule is CC(=O)OC[C@@]1(C)C2CC[C@]3(C)C(C=CC45OCC6(CCC(C)(C)C[C@H]64)[C@H](O)C[C@]53C)[C@@]2(C)CC[C@@H]1O[C@@H]1O[C@H](C)[C@H](O)[C@H](O[C@@H]2O[C@H](CO)[C@@H](O)[C@H](O)[C@H]2O[C@@H]2O[C@H](CO)[C@H](O)[C@H](O)[C@H]2O)[C@H]1O. The van der Waals surface area contributed by atoms with E-state index in [2.05, 4.69) is 53.7 Å². The van der Waals surface area contributed by atoms with Crippen molar-refractivity contribution in [3.63, 3.8) is 0 Å². The van der Waals surface area contributed by atoms with Gasteiger partial charge >= 0.3 is 5.97 Å². The summed E-state index contributed by atoms with van der Waals surface area (Å²) in [6.07, 6.45) is -14.6. The molecule has 0 aromatic rings. The van der Waals surface area contributed by atoms with Crippen molar-refractivity contribution in [3.05, 3.63) is 12.2 Å². The van der Waals surface area contributed by atoms with Crippen LogP contribution in [0.5, 0.6) is 0 Å². The minimum atomic E-state index is -1.91. The van der Waals surface area contributed by atoms with Crippen molar-refractivity contribution < 1.29 is 93.8 Å². The topological polar surface area (TPSA) is 293 Å². The molecule has 5 aliphatic carbocycles. The lowest BCUT2D eigenvalue weighted by Gasteiger charge is -2.73. The lowest BCUT2D eigenvalue weighted by molar-refractivity contribution is -0.391. The molecule has 9 aliphatic rings. The van der Waals surface area contributed by atoms with Crippen molar-refractivity contribution in [2.45, 2.75) is 217 Å². The van der Waals surface area contributed by atoms with Gasteiger partial charge in [-0.2, -0.15) is 0 Å². The third kappa shape index (κ3) is 7.79. The van der Waals surface area contributed by atoms with Crippen molar-refractivity contribution in [2.75, 3.05) is 26.4 Å². The number of hydrogen-bond acceptors (Lipinski definition) is 19. The molecule has 9 rings (SSSR count). The highest BCUT2D eigenvalue weighted by atomic mass is 16.8. The average Bonchev–Trinajstić information content (AvgIpc) is 3.57. The Morgan fingerprint density at radius 1 is 0.667 bits per heavy atom. The molecule has 0 aromatic carbocycles. The first-order valence-electron chi connectivity index (χ1n) is 25.3. The molecule has 69 heavy (non-hydrogen) atoms. The van der Waals surface area contributed by atoms with Gasteiger partial charge in [-0.05, 0) is 86.4 Å². The fourth-order valence-corrected chi connectivity index (χ4v) is 16.0. The number of allylic oxidation sites excluding steroid dienone is 1. The maximum absolute atomic E-state index is 12.6. The molecule has 26 atom stereocenters. The van der Waals surface area contributed by atoms with Crippen LogP contribution in [0, 0.1) is 50.2 Å². The highest BCUT2D eigenvalue weighted by molar-refractivity contribution is 5.66. The lowest BCUT2D eigenvalue weighted by Crippen LogP contribution is -2.72. The maximum Gasteiger partial charge on any atom is 0.302 e. The van der Waals surface area contributed by atoms with Gasteiger partial charge in [0, 0.05) is 29.1 Å². The molecule has 10 N–H and O–H groups in total. The molecule has 0 amide bonds. The van der Waals surface area contributed by atoms with Crippen molar-refractivity contribution in [1.29, 1.82) is 0 Å². The van der Waals surface area contributed by atoms with Gasteiger partial charge < -0.3 is 89.0 Å². The number of carbonyl (C=O) groups excluding carboxylic acids is 1. The van der Waals surface area contributed by atoms with Gasteiger partial charge in [-0.25, -0.2) is 0 Å². The molecule has 19 nitrogen and oxygen atoms in total. The second kappa shape index (κ2) is 18.1. The van der Waals surface area contributed by atoms with Crippen molar-refractivity contribution in [1.82, 2.24) is 0 Å². The first-order valence-corrected chi connectivity index (χ1v) is 25.3. The van der Waals surface area contributed by atoms with E-state index in [1.54, 1.807) is 6.92 Å². The van der Waals surface area contributed by atoms with Crippen LogP contribution in [-0.4, -0.2) is 193 Å². The molecule has 4 unspecified atom stereocenters. The number of aliphatic hydroxyl groups excluding tert-OH is 10. The van der Waals surface area contributed by atoms with Crippen molar-refractivity contribution in [3.8, 4) is 0 Å². The molecule has 0 aromatic heterocycles. The smallest absolute Gasteiger partial charge is 0.302 e. The third-order valence-corrected chi connectivity index (χ3v) is 20.3. The Morgan fingerprint density at radius 3 is 1.97 bits per heavy atom. The van der Waals surface area contributed by atoms with E-state index in [0.29, 0.717) is 25.9 Å².